The fourth-order valence-electron chi connectivity index (χ4n) is 2.93. The van der Waals surface area contributed by atoms with Gasteiger partial charge in [0.1, 0.15) is 6.10 Å². The van der Waals surface area contributed by atoms with Gasteiger partial charge in [0.05, 0.1) is 25.9 Å². The average Bonchev–Trinajstić information content (AvgIpc) is 2.58. The molecule has 2 unspecified atom stereocenters. The van der Waals surface area contributed by atoms with Crippen molar-refractivity contribution in [3.05, 3.63) is 35.4 Å². The van der Waals surface area contributed by atoms with Crippen LogP contribution >= 0.6 is 15.2 Å². The molecule has 27 heavy (non-hydrogen) atoms. The molecule has 1 saturated heterocycles. The molecule has 0 bridgehead atoms. The van der Waals surface area contributed by atoms with Crippen molar-refractivity contribution in [2.24, 2.45) is 0 Å². The Morgan fingerprint density at radius 1 is 1.19 bits per heavy atom. The molecule has 0 aliphatic carbocycles. The Balaban J connectivity index is 2.20. The van der Waals surface area contributed by atoms with Crippen LogP contribution in [0.25, 0.3) is 0 Å². The average molecular weight is 425 g/mol. The number of aliphatic hydroxyl groups is 1. The minimum absolute atomic E-state index is 0.272. The van der Waals surface area contributed by atoms with Gasteiger partial charge in [0.2, 0.25) is 0 Å². The highest BCUT2D eigenvalue weighted by atomic mass is 31.2. The maximum atomic E-state index is 11.5. The second-order valence-electron chi connectivity index (χ2n) is 6.38. The van der Waals surface area contributed by atoms with E-state index < -0.39 is 38.8 Å². The van der Waals surface area contributed by atoms with Crippen LogP contribution in [0.15, 0.2) is 24.3 Å². The number of hydrogen-bond acceptors (Lipinski definition) is 6. The summed E-state index contributed by atoms with van der Waals surface area (Å²) in [4.78, 5) is 37.0. The second-order valence-corrected chi connectivity index (χ2v) is 10.4. The molecule has 1 aliphatic rings. The molecule has 1 fully saturated rings. The fraction of sp³-hybridized carbons (Fsp3) is 0.600. The molecule has 10 nitrogen and oxygen atoms in total. The summed E-state index contributed by atoms with van der Waals surface area (Å²) in [5.41, 5.74) is 1.79. The van der Waals surface area contributed by atoms with Crippen molar-refractivity contribution in [3.63, 3.8) is 0 Å². The molecule has 2 atom stereocenters. The van der Waals surface area contributed by atoms with Crippen LogP contribution in [-0.2, 0) is 18.6 Å². The molecule has 1 aromatic rings. The molecule has 1 aromatic carbocycles. The van der Waals surface area contributed by atoms with Crippen LogP contribution < -0.4 is 5.32 Å². The molecular weight excluding hydrogens is 400 g/mol. The van der Waals surface area contributed by atoms with Crippen molar-refractivity contribution < 1.29 is 43.3 Å². The van der Waals surface area contributed by atoms with Crippen molar-refractivity contribution in [3.8, 4) is 0 Å². The number of nitrogens with one attached hydrogen (secondary N) is 1. The maximum Gasteiger partial charge on any atom is 0.369 e. The maximum absolute atomic E-state index is 11.5. The molecule has 154 valence electrons. The van der Waals surface area contributed by atoms with Gasteiger partial charge in [-0.3, -0.25) is 9.13 Å². The van der Waals surface area contributed by atoms with Crippen molar-refractivity contribution >= 4 is 15.2 Å². The van der Waals surface area contributed by atoms with E-state index in [1.54, 1.807) is 0 Å². The topological polar surface area (TPSA) is 166 Å². The first kappa shape index (κ1) is 22.6. The fourth-order valence-corrected chi connectivity index (χ4v) is 5.10. The van der Waals surface area contributed by atoms with Crippen molar-refractivity contribution in [2.75, 3.05) is 26.4 Å². The number of benzene rings is 1. The second kappa shape index (κ2) is 8.80. The van der Waals surface area contributed by atoms with Gasteiger partial charge in [0.25, 0.3) is 5.08 Å². The molecule has 1 heterocycles. The van der Waals surface area contributed by atoms with E-state index in [2.05, 4.69) is 5.32 Å². The van der Waals surface area contributed by atoms with Crippen LogP contribution in [0.1, 0.15) is 23.6 Å². The minimum Gasteiger partial charge on any atom is -0.376 e. The molecule has 6 N–H and O–H groups in total. The Morgan fingerprint density at radius 3 is 2.33 bits per heavy atom. The molecule has 0 amide bonds. The lowest BCUT2D eigenvalue weighted by atomic mass is 9.96. The summed E-state index contributed by atoms with van der Waals surface area (Å²) in [6.45, 7) is 2.73. The van der Waals surface area contributed by atoms with E-state index >= 15 is 0 Å². The predicted molar refractivity (Wildman–Crippen MR) is 96.1 cm³/mol. The summed E-state index contributed by atoms with van der Waals surface area (Å²) in [5.74, 6) is 0. The summed E-state index contributed by atoms with van der Waals surface area (Å²) < 4.78 is 34.1. The lowest BCUT2D eigenvalue weighted by Crippen LogP contribution is -2.42. The van der Waals surface area contributed by atoms with Gasteiger partial charge in [-0.1, -0.05) is 24.3 Å². The van der Waals surface area contributed by atoms with E-state index in [-0.39, 0.29) is 13.2 Å². The van der Waals surface area contributed by atoms with Crippen LogP contribution in [0.2, 0.25) is 0 Å². The van der Waals surface area contributed by atoms with Crippen molar-refractivity contribution in [2.45, 2.75) is 30.6 Å². The van der Waals surface area contributed by atoms with Crippen LogP contribution in [0.3, 0.4) is 0 Å². The first-order chi connectivity index (χ1) is 12.5. The zero-order chi connectivity index (χ0) is 20.3. The summed E-state index contributed by atoms with van der Waals surface area (Å²) in [5, 5.41) is 9.55. The monoisotopic (exact) mass is 425 g/mol. The van der Waals surface area contributed by atoms with Crippen LogP contribution in [0, 0.1) is 6.92 Å². The summed E-state index contributed by atoms with van der Waals surface area (Å²) in [6, 6.07) is 6.96. The van der Waals surface area contributed by atoms with Gasteiger partial charge in [-0.25, -0.2) is 0 Å². The highest BCUT2D eigenvalue weighted by Gasteiger charge is 2.58. The van der Waals surface area contributed by atoms with Gasteiger partial charge in [-0.05, 0) is 24.6 Å². The summed E-state index contributed by atoms with van der Waals surface area (Å²) >= 11 is 0. The van der Waals surface area contributed by atoms with E-state index in [0.717, 1.165) is 11.1 Å². The number of hydrogen-bond donors (Lipinski definition) is 6. The van der Waals surface area contributed by atoms with Gasteiger partial charge in [0, 0.05) is 6.42 Å². The zero-order valence-corrected chi connectivity index (χ0v) is 16.6. The van der Waals surface area contributed by atoms with Crippen molar-refractivity contribution in [1.29, 1.82) is 0 Å². The molecule has 12 heteroatoms. The quantitative estimate of drug-likeness (QED) is 0.322. The summed E-state index contributed by atoms with van der Waals surface area (Å²) in [7, 11) is -11.0. The third-order valence-corrected chi connectivity index (χ3v) is 8.37. The SMILES string of the molecule is Cc1ccccc1C(NCCC(O)(P(=O)(O)O)P(=O)(O)O)C1COCCO1. The standard InChI is InChI=1S/C15H25NO9P2/c1-11-4-2-3-5-12(11)14(13-10-24-8-9-25-13)16-7-6-15(17,26(18,19)20)27(21,22)23/h2-5,13-14,16-17H,6-10H2,1H3,(H2,18,19,20)(H2,21,22,23). The van der Waals surface area contributed by atoms with Gasteiger partial charge >= 0.3 is 15.2 Å². The Bertz CT molecular complexity index is 704. The highest BCUT2D eigenvalue weighted by Crippen LogP contribution is 2.68. The van der Waals surface area contributed by atoms with Crippen molar-refractivity contribution in [1.82, 2.24) is 5.32 Å². The highest BCUT2D eigenvalue weighted by molar-refractivity contribution is 7.72. The lowest BCUT2D eigenvalue weighted by Gasteiger charge is -2.34. The van der Waals surface area contributed by atoms with E-state index in [1.807, 2.05) is 31.2 Å². The Labute approximate surface area is 156 Å². The Hall–Kier alpha value is -0.640. The molecule has 1 aliphatic heterocycles. The molecule has 2 rings (SSSR count). The van der Waals surface area contributed by atoms with E-state index in [1.165, 1.54) is 0 Å². The largest absolute Gasteiger partial charge is 0.376 e. The lowest BCUT2D eigenvalue weighted by molar-refractivity contribution is -0.102. The van der Waals surface area contributed by atoms with Gasteiger partial charge < -0.3 is 39.5 Å². The van der Waals surface area contributed by atoms with E-state index in [0.29, 0.717) is 13.2 Å². The van der Waals surface area contributed by atoms with Gasteiger partial charge in [-0.15, -0.1) is 0 Å². The Morgan fingerprint density at radius 2 is 1.81 bits per heavy atom. The zero-order valence-electron chi connectivity index (χ0n) is 14.8. The van der Waals surface area contributed by atoms with Crippen LogP contribution in [0.5, 0.6) is 0 Å². The molecule has 0 saturated carbocycles. The molecule has 0 aromatic heterocycles. The molecule has 0 radical (unpaired) electrons. The van der Waals surface area contributed by atoms with Gasteiger partial charge in [-0.2, -0.15) is 0 Å². The molecule has 0 spiro atoms. The third kappa shape index (κ3) is 5.25. The normalized spacial score (nSPS) is 20.4. The number of ether oxygens (including phenoxy) is 2. The van der Waals surface area contributed by atoms with Crippen LogP contribution in [0.4, 0.5) is 0 Å². The van der Waals surface area contributed by atoms with Gasteiger partial charge in [0.15, 0.2) is 0 Å². The van der Waals surface area contributed by atoms with E-state index in [9.17, 15) is 33.8 Å². The third-order valence-electron chi connectivity index (χ3n) is 4.49. The van der Waals surface area contributed by atoms with Crippen LogP contribution in [-0.4, -0.2) is 62.2 Å². The Kier molecular flexibility index (Phi) is 7.38. The summed E-state index contributed by atoms with van der Waals surface area (Å²) in [6.07, 6.45) is -1.25. The predicted octanol–water partition coefficient (Wildman–Crippen LogP) is 0.433. The van der Waals surface area contributed by atoms with E-state index in [4.69, 9.17) is 9.47 Å². The smallest absolute Gasteiger partial charge is 0.369 e. The molecular formula is C15H25NO9P2. The first-order valence-corrected chi connectivity index (χ1v) is 11.5. The first-order valence-electron chi connectivity index (χ1n) is 8.29. The minimum atomic E-state index is -5.49. The number of aryl methyl sites for hydroxylation is 1. The number of rotatable bonds is 8.